The van der Waals surface area contributed by atoms with Crippen molar-refractivity contribution in [3.05, 3.63) is 55.1 Å². The monoisotopic (exact) mass is 400 g/mol. The van der Waals surface area contributed by atoms with E-state index >= 15 is 0 Å². The smallest absolute Gasteiger partial charge is 0.225 e. The zero-order valence-electron chi connectivity index (χ0n) is 17.2. The van der Waals surface area contributed by atoms with Gasteiger partial charge in [0, 0.05) is 73.0 Å². The van der Waals surface area contributed by atoms with Crippen LogP contribution in [0.15, 0.2) is 55.1 Å². The average molecular weight is 400 g/mol. The Labute approximate surface area is 175 Å². The van der Waals surface area contributed by atoms with Crippen molar-refractivity contribution in [2.75, 3.05) is 45.2 Å². The van der Waals surface area contributed by atoms with E-state index in [0.29, 0.717) is 0 Å². The van der Waals surface area contributed by atoms with Crippen LogP contribution in [-0.4, -0.2) is 65.2 Å². The summed E-state index contributed by atoms with van der Waals surface area (Å²) < 4.78 is 5.27. The molecule has 1 aliphatic heterocycles. The molecule has 7 nitrogen and oxygen atoms in total. The summed E-state index contributed by atoms with van der Waals surface area (Å²) in [6.07, 6.45) is 7.65. The summed E-state index contributed by atoms with van der Waals surface area (Å²) in [6, 6.07) is 10.2. The number of benzene rings is 1. The van der Waals surface area contributed by atoms with E-state index in [-0.39, 0.29) is 0 Å². The fourth-order valence-electron chi connectivity index (χ4n) is 3.81. The highest BCUT2D eigenvalue weighted by atomic mass is 16.5. The number of pyridine rings is 1. The van der Waals surface area contributed by atoms with Crippen LogP contribution in [-0.2, 0) is 0 Å². The van der Waals surface area contributed by atoms with Crippen LogP contribution in [0.25, 0.3) is 33.3 Å². The van der Waals surface area contributed by atoms with Gasteiger partial charge in [-0.2, -0.15) is 0 Å². The maximum absolute atomic E-state index is 5.27. The van der Waals surface area contributed by atoms with E-state index in [4.69, 9.17) is 4.74 Å². The van der Waals surface area contributed by atoms with Gasteiger partial charge < -0.3 is 19.5 Å². The molecule has 0 bridgehead atoms. The van der Waals surface area contributed by atoms with Crippen molar-refractivity contribution in [1.82, 2.24) is 24.8 Å². The number of nitrogens with one attached hydrogen (secondary N) is 1. The summed E-state index contributed by atoms with van der Waals surface area (Å²) >= 11 is 0. The lowest BCUT2D eigenvalue weighted by atomic mass is 10.0. The summed E-state index contributed by atoms with van der Waals surface area (Å²) in [5.41, 5.74) is 5.05. The molecule has 0 radical (unpaired) electrons. The summed E-state index contributed by atoms with van der Waals surface area (Å²) in [7, 11) is 3.82. The van der Waals surface area contributed by atoms with Crippen LogP contribution in [0, 0.1) is 0 Å². The number of anilines is 1. The largest absolute Gasteiger partial charge is 0.497 e. The van der Waals surface area contributed by atoms with Crippen molar-refractivity contribution in [1.29, 1.82) is 0 Å². The Morgan fingerprint density at radius 2 is 1.57 bits per heavy atom. The molecule has 0 unspecified atom stereocenters. The maximum Gasteiger partial charge on any atom is 0.225 e. The Bertz CT molecular complexity index is 1140. The van der Waals surface area contributed by atoms with E-state index in [1.807, 2.05) is 36.9 Å². The van der Waals surface area contributed by atoms with Gasteiger partial charge in [-0.05, 0) is 30.8 Å². The minimum absolute atomic E-state index is 0.793. The van der Waals surface area contributed by atoms with E-state index in [9.17, 15) is 0 Å². The molecule has 3 aromatic heterocycles. The van der Waals surface area contributed by atoms with Gasteiger partial charge in [0.1, 0.15) is 11.4 Å². The Morgan fingerprint density at radius 1 is 0.867 bits per heavy atom. The van der Waals surface area contributed by atoms with E-state index in [0.717, 1.165) is 71.2 Å². The highest BCUT2D eigenvalue weighted by Gasteiger charge is 2.16. The number of aromatic nitrogens is 4. The number of hydrogen-bond acceptors (Lipinski definition) is 6. The molecule has 1 aliphatic rings. The van der Waals surface area contributed by atoms with Crippen molar-refractivity contribution >= 4 is 17.0 Å². The third-order valence-corrected chi connectivity index (χ3v) is 5.69. The van der Waals surface area contributed by atoms with Gasteiger partial charge in [-0.1, -0.05) is 12.1 Å². The van der Waals surface area contributed by atoms with Crippen LogP contribution in [0.3, 0.4) is 0 Å². The minimum Gasteiger partial charge on any atom is -0.497 e. The fraction of sp³-hybridized carbons (Fsp3) is 0.261. The first-order chi connectivity index (χ1) is 14.7. The molecule has 1 N–H and O–H groups in total. The normalized spacial score (nSPS) is 14.9. The number of likely N-dealkylation sites (N-methyl/N-ethyl adjacent to an activating group) is 1. The molecule has 7 heteroatoms. The topological polar surface area (TPSA) is 70.2 Å². The van der Waals surface area contributed by atoms with Crippen LogP contribution in [0.2, 0.25) is 0 Å². The summed E-state index contributed by atoms with van der Waals surface area (Å²) in [5, 5.41) is 1.07. The molecule has 1 saturated heterocycles. The van der Waals surface area contributed by atoms with Crippen molar-refractivity contribution < 1.29 is 4.74 Å². The highest BCUT2D eigenvalue weighted by Crippen LogP contribution is 2.31. The molecule has 5 rings (SSSR count). The van der Waals surface area contributed by atoms with E-state index in [2.05, 4.69) is 55.0 Å². The zero-order chi connectivity index (χ0) is 20.5. The van der Waals surface area contributed by atoms with Gasteiger partial charge in [0.05, 0.1) is 7.11 Å². The minimum atomic E-state index is 0.793. The number of fused-ring (bicyclic) bond motifs is 1. The second-order valence-corrected chi connectivity index (χ2v) is 7.61. The van der Waals surface area contributed by atoms with Crippen LogP contribution in [0.4, 0.5) is 5.95 Å². The highest BCUT2D eigenvalue weighted by molar-refractivity contribution is 5.95. The van der Waals surface area contributed by atoms with E-state index < -0.39 is 0 Å². The van der Waals surface area contributed by atoms with Gasteiger partial charge in [-0.3, -0.25) is 0 Å². The SMILES string of the molecule is COc1ccc(-c2c[nH]c3ncc(-c4cnc(N5CCN(C)CC5)nc4)cc23)cc1. The Kier molecular flexibility index (Phi) is 4.80. The quantitative estimate of drug-likeness (QED) is 0.566. The lowest BCUT2D eigenvalue weighted by Crippen LogP contribution is -2.45. The first-order valence-electron chi connectivity index (χ1n) is 10.1. The first-order valence-corrected chi connectivity index (χ1v) is 10.1. The molecule has 0 atom stereocenters. The van der Waals surface area contributed by atoms with Crippen molar-refractivity contribution in [2.24, 2.45) is 0 Å². The standard InChI is InChI=1S/C23H24N6O/c1-28-7-9-29(10-8-28)23-26-13-18(14-27-23)17-11-20-21(15-25-22(20)24-12-17)16-3-5-19(30-2)6-4-16/h3-6,11-15H,7-10H2,1-2H3,(H,24,25). The number of aromatic amines is 1. The number of H-pyrrole nitrogens is 1. The van der Waals surface area contributed by atoms with Crippen molar-refractivity contribution in [2.45, 2.75) is 0 Å². The first kappa shape index (κ1) is 18.6. The van der Waals surface area contributed by atoms with Gasteiger partial charge in [0.15, 0.2) is 0 Å². The Hall–Kier alpha value is -3.45. The van der Waals surface area contributed by atoms with Crippen molar-refractivity contribution in [3.63, 3.8) is 0 Å². The molecule has 0 saturated carbocycles. The third kappa shape index (κ3) is 3.48. The molecule has 0 amide bonds. The van der Waals surface area contributed by atoms with E-state index in [1.54, 1.807) is 7.11 Å². The van der Waals surface area contributed by atoms with Crippen LogP contribution in [0.1, 0.15) is 0 Å². The molecule has 1 fully saturated rings. The lowest BCUT2D eigenvalue weighted by Gasteiger charge is -2.32. The number of hydrogen-bond donors (Lipinski definition) is 1. The molecule has 30 heavy (non-hydrogen) atoms. The van der Waals surface area contributed by atoms with Crippen molar-refractivity contribution in [3.8, 4) is 28.0 Å². The Balaban J connectivity index is 1.44. The maximum atomic E-state index is 5.27. The predicted octanol–water partition coefficient (Wildman–Crippen LogP) is 3.45. The molecule has 4 aromatic rings. The number of rotatable bonds is 4. The molecular weight excluding hydrogens is 376 g/mol. The Morgan fingerprint density at radius 3 is 2.27 bits per heavy atom. The fourth-order valence-corrected chi connectivity index (χ4v) is 3.81. The lowest BCUT2D eigenvalue weighted by molar-refractivity contribution is 0.311. The molecule has 0 aliphatic carbocycles. The number of piperazine rings is 1. The third-order valence-electron chi connectivity index (χ3n) is 5.69. The van der Waals surface area contributed by atoms with Crippen LogP contribution >= 0.6 is 0 Å². The van der Waals surface area contributed by atoms with Gasteiger partial charge in [-0.15, -0.1) is 0 Å². The number of methoxy groups -OCH3 is 1. The molecule has 4 heterocycles. The van der Waals surface area contributed by atoms with E-state index in [1.165, 1.54) is 0 Å². The van der Waals surface area contributed by atoms with Crippen LogP contribution in [0.5, 0.6) is 5.75 Å². The van der Waals surface area contributed by atoms with Gasteiger partial charge >= 0.3 is 0 Å². The number of ether oxygens (including phenoxy) is 1. The average Bonchev–Trinajstić information content (AvgIpc) is 3.23. The van der Waals surface area contributed by atoms with Gasteiger partial charge in [0.2, 0.25) is 5.95 Å². The zero-order valence-corrected chi connectivity index (χ0v) is 17.2. The predicted molar refractivity (Wildman–Crippen MR) is 119 cm³/mol. The molecule has 0 spiro atoms. The molecule has 152 valence electrons. The van der Waals surface area contributed by atoms with Gasteiger partial charge in [-0.25, -0.2) is 15.0 Å². The molecule has 1 aromatic carbocycles. The second-order valence-electron chi connectivity index (χ2n) is 7.61. The number of nitrogens with zero attached hydrogens (tertiary/aromatic N) is 5. The van der Waals surface area contributed by atoms with Gasteiger partial charge in [0.25, 0.3) is 0 Å². The summed E-state index contributed by atoms with van der Waals surface area (Å²) in [4.78, 5) is 21.7. The molecular formula is C23H24N6O. The second kappa shape index (κ2) is 7.76. The summed E-state index contributed by atoms with van der Waals surface area (Å²) in [6.45, 7) is 3.98. The van der Waals surface area contributed by atoms with Crippen LogP contribution < -0.4 is 9.64 Å². The summed E-state index contributed by atoms with van der Waals surface area (Å²) in [5.74, 6) is 1.64.